The zero-order valence-corrected chi connectivity index (χ0v) is 16.7. The fourth-order valence-corrected chi connectivity index (χ4v) is 4.44. The van der Waals surface area contributed by atoms with Crippen LogP contribution >= 0.6 is 23.1 Å². The van der Waals surface area contributed by atoms with Crippen LogP contribution < -0.4 is 5.32 Å². The van der Waals surface area contributed by atoms with Gasteiger partial charge in [-0.05, 0) is 29.5 Å². The highest BCUT2D eigenvalue weighted by atomic mass is 32.2. The van der Waals surface area contributed by atoms with E-state index in [4.69, 9.17) is 4.74 Å². The molecule has 0 saturated heterocycles. The van der Waals surface area contributed by atoms with Crippen LogP contribution in [0.4, 0.5) is 5.69 Å². The number of esters is 1. The van der Waals surface area contributed by atoms with Gasteiger partial charge in [0.1, 0.15) is 4.88 Å². The third kappa shape index (κ3) is 4.40. The fourth-order valence-electron chi connectivity index (χ4n) is 2.60. The Balaban J connectivity index is 1.95. The van der Waals surface area contributed by atoms with Gasteiger partial charge in [0, 0.05) is 9.77 Å². The van der Waals surface area contributed by atoms with Gasteiger partial charge in [0.15, 0.2) is 0 Å². The molecule has 0 aliphatic carbocycles. The minimum Gasteiger partial charge on any atom is -0.465 e. The van der Waals surface area contributed by atoms with E-state index in [2.05, 4.69) is 5.32 Å². The predicted molar refractivity (Wildman–Crippen MR) is 112 cm³/mol. The molecule has 0 fully saturated rings. The predicted octanol–water partition coefficient (Wildman–Crippen LogP) is 5.57. The molecule has 0 saturated carbocycles. The molecule has 0 spiro atoms. The third-order valence-corrected chi connectivity index (χ3v) is 5.96. The maximum Gasteiger partial charge on any atom is 0.350 e. The van der Waals surface area contributed by atoms with Crippen LogP contribution in [-0.2, 0) is 4.74 Å². The molecule has 1 heterocycles. The van der Waals surface area contributed by atoms with Crippen LogP contribution in [0.1, 0.15) is 27.0 Å². The second-order valence-corrected chi connectivity index (χ2v) is 7.95. The Morgan fingerprint density at radius 3 is 2.48 bits per heavy atom. The molecule has 0 bridgehead atoms. The van der Waals surface area contributed by atoms with Crippen molar-refractivity contribution in [3.63, 3.8) is 0 Å². The zero-order valence-electron chi connectivity index (χ0n) is 15.0. The van der Waals surface area contributed by atoms with Crippen molar-refractivity contribution in [1.29, 1.82) is 0 Å². The Morgan fingerprint density at radius 1 is 1.07 bits per heavy atom. The maximum atomic E-state index is 12.8. The van der Waals surface area contributed by atoms with Crippen molar-refractivity contribution in [2.75, 3.05) is 18.2 Å². The van der Waals surface area contributed by atoms with Crippen molar-refractivity contribution >= 4 is 40.7 Å². The number of benzene rings is 2. The number of ether oxygens (including phenoxy) is 1. The maximum absolute atomic E-state index is 12.8. The molecule has 3 aromatic rings. The van der Waals surface area contributed by atoms with Gasteiger partial charge in [-0.3, -0.25) is 4.79 Å². The molecule has 1 amide bonds. The Morgan fingerprint density at radius 2 is 1.78 bits per heavy atom. The monoisotopic (exact) mass is 397 g/mol. The summed E-state index contributed by atoms with van der Waals surface area (Å²) in [5, 5.41) is 2.89. The summed E-state index contributed by atoms with van der Waals surface area (Å²) in [6, 6.07) is 19.0. The molecule has 1 N–H and O–H groups in total. The van der Waals surface area contributed by atoms with Gasteiger partial charge in [-0.1, -0.05) is 49.4 Å². The summed E-state index contributed by atoms with van der Waals surface area (Å²) in [7, 11) is 1.34. The number of carbonyl (C=O) groups is 2. The first-order chi connectivity index (χ1) is 13.1. The highest BCUT2D eigenvalue weighted by Crippen LogP contribution is 2.36. The van der Waals surface area contributed by atoms with E-state index in [-0.39, 0.29) is 5.91 Å². The number of hydrogen-bond donors (Lipinski definition) is 1. The number of thioether (sulfide) groups is 1. The molecule has 0 aliphatic rings. The molecular weight excluding hydrogens is 378 g/mol. The average Bonchev–Trinajstić information content (AvgIpc) is 3.12. The number of thiophene rings is 1. The van der Waals surface area contributed by atoms with Gasteiger partial charge >= 0.3 is 5.97 Å². The second-order valence-electron chi connectivity index (χ2n) is 5.59. The molecule has 0 atom stereocenters. The fraction of sp³-hybridized carbons (Fsp3) is 0.143. The standard InChI is InChI=1S/C21H19NO3S2/c1-3-26-17-12-8-7-11-15(17)20(23)22-16-13-18(14-9-5-4-6-10-14)27-19(16)21(24)25-2/h4-13H,3H2,1-2H3,(H,22,23). The number of anilines is 1. The summed E-state index contributed by atoms with van der Waals surface area (Å²) in [5.74, 6) is 0.164. The first-order valence-corrected chi connectivity index (χ1v) is 10.2. The van der Waals surface area contributed by atoms with Crippen LogP contribution in [0.3, 0.4) is 0 Å². The van der Waals surface area contributed by atoms with Crippen molar-refractivity contribution in [3.05, 3.63) is 71.1 Å². The second kappa shape index (κ2) is 8.88. The number of hydrogen-bond acceptors (Lipinski definition) is 5. The molecule has 27 heavy (non-hydrogen) atoms. The molecule has 1 aromatic heterocycles. The topological polar surface area (TPSA) is 55.4 Å². The summed E-state index contributed by atoms with van der Waals surface area (Å²) in [4.78, 5) is 27.2. The largest absolute Gasteiger partial charge is 0.465 e. The minimum absolute atomic E-state index is 0.242. The van der Waals surface area contributed by atoms with E-state index in [9.17, 15) is 9.59 Å². The van der Waals surface area contributed by atoms with Gasteiger partial charge in [0.2, 0.25) is 0 Å². The Kier molecular flexibility index (Phi) is 6.32. The summed E-state index contributed by atoms with van der Waals surface area (Å²) in [6.07, 6.45) is 0. The number of amides is 1. The van der Waals surface area contributed by atoms with Crippen molar-refractivity contribution < 1.29 is 14.3 Å². The van der Waals surface area contributed by atoms with Gasteiger partial charge < -0.3 is 10.1 Å². The highest BCUT2D eigenvalue weighted by molar-refractivity contribution is 7.99. The van der Waals surface area contributed by atoms with E-state index < -0.39 is 5.97 Å². The normalized spacial score (nSPS) is 10.4. The van der Waals surface area contributed by atoms with Crippen LogP contribution in [0.2, 0.25) is 0 Å². The number of nitrogens with one attached hydrogen (secondary N) is 1. The highest BCUT2D eigenvalue weighted by Gasteiger charge is 2.21. The van der Waals surface area contributed by atoms with Crippen LogP contribution in [0.5, 0.6) is 0 Å². The van der Waals surface area contributed by atoms with E-state index in [0.29, 0.717) is 16.1 Å². The van der Waals surface area contributed by atoms with Crippen molar-refractivity contribution in [2.45, 2.75) is 11.8 Å². The molecule has 138 valence electrons. The Bertz CT molecular complexity index is 951. The lowest BCUT2D eigenvalue weighted by molar-refractivity contribution is 0.0607. The van der Waals surface area contributed by atoms with Gasteiger partial charge in [0.05, 0.1) is 18.4 Å². The number of methoxy groups -OCH3 is 1. The third-order valence-electron chi connectivity index (χ3n) is 3.84. The lowest BCUT2D eigenvalue weighted by Crippen LogP contribution is -2.14. The lowest BCUT2D eigenvalue weighted by atomic mass is 10.1. The van der Waals surface area contributed by atoms with Gasteiger partial charge in [-0.15, -0.1) is 23.1 Å². The van der Waals surface area contributed by atoms with E-state index in [1.165, 1.54) is 18.4 Å². The van der Waals surface area contributed by atoms with Crippen molar-refractivity contribution in [1.82, 2.24) is 0 Å². The average molecular weight is 398 g/mol. The van der Waals surface area contributed by atoms with E-state index >= 15 is 0 Å². The first-order valence-electron chi connectivity index (χ1n) is 8.44. The summed E-state index contributed by atoms with van der Waals surface area (Å²) < 4.78 is 4.89. The van der Waals surface area contributed by atoms with Gasteiger partial charge in [-0.25, -0.2) is 4.79 Å². The molecule has 0 aliphatic heterocycles. The van der Waals surface area contributed by atoms with Crippen molar-refractivity contribution in [2.24, 2.45) is 0 Å². The minimum atomic E-state index is -0.464. The van der Waals surface area contributed by atoms with E-state index in [0.717, 1.165) is 21.1 Å². The molecular formula is C21H19NO3S2. The lowest BCUT2D eigenvalue weighted by Gasteiger charge is -2.09. The molecule has 2 aromatic carbocycles. The molecule has 6 heteroatoms. The van der Waals surface area contributed by atoms with Gasteiger partial charge in [-0.2, -0.15) is 0 Å². The summed E-state index contributed by atoms with van der Waals surface area (Å²) in [5.41, 5.74) is 2.04. The van der Waals surface area contributed by atoms with Crippen LogP contribution in [-0.4, -0.2) is 24.7 Å². The number of carbonyl (C=O) groups excluding carboxylic acids is 2. The smallest absolute Gasteiger partial charge is 0.350 e. The zero-order chi connectivity index (χ0) is 19.2. The van der Waals surface area contributed by atoms with Crippen LogP contribution in [0, 0.1) is 0 Å². The van der Waals surface area contributed by atoms with Crippen molar-refractivity contribution in [3.8, 4) is 10.4 Å². The number of rotatable bonds is 6. The molecule has 4 nitrogen and oxygen atoms in total. The summed E-state index contributed by atoms with van der Waals surface area (Å²) in [6.45, 7) is 2.04. The quantitative estimate of drug-likeness (QED) is 0.437. The Labute approximate surface area is 166 Å². The van der Waals surface area contributed by atoms with Crippen LogP contribution in [0.15, 0.2) is 65.6 Å². The summed E-state index contributed by atoms with van der Waals surface area (Å²) >= 11 is 2.91. The molecule has 0 radical (unpaired) electrons. The van der Waals surface area contributed by atoms with Crippen LogP contribution in [0.25, 0.3) is 10.4 Å². The Hall–Kier alpha value is -2.57. The van der Waals surface area contributed by atoms with E-state index in [1.54, 1.807) is 17.8 Å². The first kappa shape index (κ1) is 19.2. The molecule has 0 unspecified atom stereocenters. The molecule has 3 rings (SSSR count). The SMILES string of the molecule is CCSc1ccccc1C(=O)Nc1cc(-c2ccccc2)sc1C(=O)OC. The van der Waals surface area contributed by atoms with E-state index in [1.807, 2.05) is 61.5 Å². The van der Waals surface area contributed by atoms with Gasteiger partial charge in [0.25, 0.3) is 5.91 Å².